The molecule has 12 heavy (non-hydrogen) atoms. The summed E-state index contributed by atoms with van der Waals surface area (Å²) in [7, 11) is 0. The zero-order chi connectivity index (χ0) is 8.39. The third-order valence-corrected chi connectivity index (χ3v) is 2.97. The first-order valence-electron chi connectivity index (χ1n) is 4.26. The van der Waals surface area contributed by atoms with Crippen molar-refractivity contribution in [3.05, 3.63) is 22.4 Å². The van der Waals surface area contributed by atoms with Crippen LogP contribution >= 0.6 is 11.3 Å². The number of rotatable bonds is 2. The zero-order valence-corrected chi connectivity index (χ0v) is 7.76. The van der Waals surface area contributed by atoms with Crippen LogP contribution in [0.5, 0.6) is 0 Å². The van der Waals surface area contributed by atoms with Gasteiger partial charge < -0.3 is 5.11 Å². The molecule has 0 spiro atoms. The minimum absolute atomic E-state index is 0.0939. The molecular weight excluding hydrogens is 170 g/mol. The van der Waals surface area contributed by atoms with Crippen molar-refractivity contribution in [3.63, 3.8) is 0 Å². The van der Waals surface area contributed by atoms with E-state index >= 15 is 0 Å². The summed E-state index contributed by atoms with van der Waals surface area (Å²) >= 11 is 1.73. The van der Waals surface area contributed by atoms with Crippen LogP contribution in [0.4, 0.5) is 0 Å². The molecule has 0 aliphatic carbocycles. The lowest BCUT2D eigenvalue weighted by atomic mass is 10.3. The maximum atomic E-state index is 9.29. The fourth-order valence-electron chi connectivity index (χ4n) is 1.60. The molecule has 1 saturated heterocycles. The standard InChI is InChI=1S/C9H13NOS/c11-9-1-3-10(6-9)5-8-2-4-12-7-8/h2,4,7,9,11H,1,3,5-6H2/t9-/m0/s1. The lowest BCUT2D eigenvalue weighted by Crippen LogP contribution is -2.21. The van der Waals surface area contributed by atoms with E-state index in [1.54, 1.807) is 11.3 Å². The Morgan fingerprint density at radius 2 is 2.58 bits per heavy atom. The monoisotopic (exact) mass is 183 g/mol. The highest BCUT2D eigenvalue weighted by Gasteiger charge is 2.19. The van der Waals surface area contributed by atoms with Crippen molar-refractivity contribution in [3.8, 4) is 0 Å². The number of hydrogen-bond acceptors (Lipinski definition) is 3. The summed E-state index contributed by atoms with van der Waals surface area (Å²) in [6, 6.07) is 2.15. The summed E-state index contributed by atoms with van der Waals surface area (Å²) in [5.74, 6) is 0. The van der Waals surface area contributed by atoms with E-state index in [0.29, 0.717) is 0 Å². The molecule has 0 amide bonds. The highest BCUT2D eigenvalue weighted by molar-refractivity contribution is 7.07. The zero-order valence-electron chi connectivity index (χ0n) is 6.94. The molecule has 0 bridgehead atoms. The van der Waals surface area contributed by atoms with Crippen LogP contribution in [-0.4, -0.2) is 29.2 Å². The number of β-amino-alcohol motifs (C(OH)–C–C–N with tert-alkyl or cyclic N) is 1. The van der Waals surface area contributed by atoms with Crippen LogP contribution in [0.1, 0.15) is 12.0 Å². The predicted molar refractivity (Wildman–Crippen MR) is 50.2 cm³/mol. The van der Waals surface area contributed by atoms with E-state index in [-0.39, 0.29) is 6.10 Å². The second kappa shape index (κ2) is 3.56. The van der Waals surface area contributed by atoms with Crippen molar-refractivity contribution in [1.82, 2.24) is 4.90 Å². The number of aliphatic hydroxyl groups is 1. The molecule has 1 atom stereocenters. The molecule has 3 heteroatoms. The molecule has 1 fully saturated rings. The fraction of sp³-hybridized carbons (Fsp3) is 0.556. The van der Waals surface area contributed by atoms with Crippen molar-refractivity contribution in [2.75, 3.05) is 13.1 Å². The number of nitrogens with zero attached hydrogens (tertiary/aromatic N) is 1. The minimum Gasteiger partial charge on any atom is -0.392 e. The second-order valence-electron chi connectivity index (χ2n) is 3.31. The molecule has 0 aromatic carbocycles. The van der Waals surface area contributed by atoms with Gasteiger partial charge >= 0.3 is 0 Å². The van der Waals surface area contributed by atoms with Gasteiger partial charge in [0.05, 0.1) is 6.10 Å². The van der Waals surface area contributed by atoms with Crippen LogP contribution in [0.3, 0.4) is 0 Å². The van der Waals surface area contributed by atoms with Gasteiger partial charge in [0.15, 0.2) is 0 Å². The van der Waals surface area contributed by atoms with Crippen LogP contribution < -0.4 is 0 Å². The number of hydrogen-bond donors (Lipinski definition) is 1. The highest BCUT2D eigenvalue weighted by Crippen LogP contribution is 2.14. The third-order valence-electron chi connectivity index (χ3n) is 2.23. The first-order valence-corrected chi connectivity index (χ1v) is 5.20. The minimum atomic E-state index is -0.0939. The van der Waals surface area contributed by atoms with Gasteiger partial charge in [-0.2, -0.15) is 11.3 Å². The average Bonchev–Trinajstić information content (AvgIpc) is 2.63. The van der Waals surface area contributed by atoms with E-state index in [0.717, 1.165) is 26.1 Å². The summed E-state index contributed by atoms with van der Waals surface area (Å²) in [4.78, 5) is 2.30. The summed E-state index contributed by atoms with van der Waals surface area (Å²) in [5, 5.41) is 13.6. The Labute approximate surface area is 76.4 Å². The molecule has 1 aliphatic heterocycles. The van der Waals surface area contributed by atoms with Crippen LogP contribution in [-0.2, 0) is 6.54 Å². The molecule has 2 heterocycles. The summed E-state index contributed by atoms with van der Waals surface area (Å²) in [6.07, 6.45) is 0.841. The fourth-order valence-corrected chi connectivity index (χ4v) is 2.26. The largest absolute Gasteiger partial charge is 0.392 e. The predicted octanol–water partition coefficient (Wildman–Crippen LogP) is 1.31. The molecule has 0 unspecified atom stereocenters. The Bertz CT molecular complexity index is 235. The molecule has 66 valence electrons. The molecule has 0 radical (unpaired) electrons. The average molecular weight is 183 g/mol. The van der Waals surface area contributed by atoms with Gasteiger partial charge in [-0.3, -0.25) is 4.90 Å². The van der Waals surface area contributed by atoms with E-state index in [4.69, 9.17) is 0 Å². The molecule has 1 N–H and O–H groups in total. The number of aliphatic hydroxyl groups excluding tert-OH is 1. The lowest BCUT2D eigenvalue weighted by molar-refractivity contribution is 0.175. The van der Waals surface area contributed by atoms with Crippen LogP contribution in [0.2, 0.25) is 0 Å². The third kappa shape index (κ3) is 1.86. The van der Waals surface area contributed by atoms with Crippen LogP contribution in [0, 0.1) is 0 Å². The van der Waals surface area contributed by atoms with Gasteiger partial charge in [-0.15, -0.1) is 0 Å². The topological polar surface area (TPSA) is 23.5 Å². The lowest BCUT2D eigenvalue weighted by Gasteiger charge is -2.12. The van der Waals surface area contributed by atoms with Crippen molar-refractivity contribution < 1.29 is 5.11 Å². The number of thiophene rings is 1. The summed E-state index contributed by atoms with van der Waals surface area (Å²) < 4.78 is 0. The molecule has 1 aromatic heterocycles. The summed E-state index contributed by atoms with van der Waals surface area (Å²) in [5.41, 5.74) is 1.37. The van der Waals surface area contributed by atoms with Gasteiger partial charge in [0.1, 0.15) is 0 Å². The van der Waals surface area contributed by atoms with Crippen molar-refractivity contribution in [2.24, 2.45) is 0 Å². The highest BCUT2D eigenvalue weighted by atomic mass is 32.1. The quantitative estimate of drug-likeness (QED) is 0.747. The summed E-state index contributed by atoms with van der Waals surface area (Å²) in [6.45, 7) is 2.88. The van der Waals surface area contributed by atoms with E-state index < -0.39 is 0 Å². The van der Waals surface area contributed by atoms with Crippen molar-refractivity contribution >= 4 is 11.3 Å². The first-order chi connectivity index (χ1) is 5.84. The normalized spacial score (nSPS) is 24.9. The Hall–Kier alpha value is -0.380. The van der Waals surface area contributed by atoms with Gasteiger partial charge in [0, 0.05) is 19.6 Å². The van der Waals surface area contributed by atoms with Crippen LogP contribution in [0.15, 0.2) is 16.8 Å². The molecular formula is C9H13NOS. The molecule has 0 saturated carbocycles. The van der Waals surface area contributed by atoms with E-state index in [9.17, 15) is 5.11 Å². The Balaban J connectivity index is 1.88. The van der Waals surface area contributed by atoms with Gasteiger partial charge in [-0.1, -0.05) is 0 Å². The Morgan fingerprint density at radius 1 is 1.67 bits per heavy atom. The molecule has 1 aromatic rings. The van der Waals surface area contributed by atoms with E-state index in [1.807, 2.05) is 0 Å². The van der Waals surface area contributed by atoms with E-state index in [1.165, 1.54) is 5.56 Å². The number of likely N-dealkylation sites (tertiary alicyclic amines) is 1. The Morgan fingerprint density at radius 3 is 3.17 bits per heavy atom. The second-order valence-corrected chi connectivity index (χ2v) is 4.09. The van der Waals surface area contributed by atoms with Gasteiger partial charge in [0.25, 0.3) is 0 Å². The molecule has 2 nitrogen and oxygen atoms in total. The first kappa shape index (κ1) is 8.23. The Kier molecular flexibility index (Phi) is 2.44. The maximum Gasteiger partial charge on any atom is 0.0679 e. The van der Waals surface area contributed by atoms with Crippen LogP contribution in [0.25, 0.3) is 0 Å². The van der Waals surface area contributed by atoms with Gasteiger partial charge in [-0.05, 0) is 28.8 Å². The van der Waals surface area contributed by atoms with Crippen molar-refractivity contribution in [1.29, 1.82) is 0 Å². The molecule has 1 aliphatic rings. The van der Waals surface area contributed by atoms with E-state index in [2.05, 4.69) is 21.7 Å². The van der Waals surface area contributed by atoms with Crippen molar-refractivity contribution in [2.45, 2.75) is 19.1 Å². The molecule has 2 rings (SSSR count). The maximum absolute atomic E-state index is 9.29. The van der Waals surface area contributed by atoms with Gasteiger partial charge in [0.2, 0.25) is 0 Å². The smallest absolute Gasteiger partial charge is 0.0679 e. The SMILES string of the molecule is O[C@H]1CCN(Cc2ccsc2)C1. The van der Waals surface area contributed by atoms with Gasteiger partial charge in [-0.25, -0.2) is 0 Å².